The van der Waals surface area contributed by atoms with Crippen LogP contribution in [-0.4, -0.2) is 16.2 Å². The van der Waals surface area contributed by atoms with Crippen LogP contribution in [0.3, 0.4) is 0 Å². The number of aryl methyl sites for hydroxylation is 1. The molecule has 0 atom stereocenters. The van der Waals surface area contributed by atoms with Crippen LogP contribution >= 0.6 is 0 Å². The number of rotatable bonds is 2. The third-order valence-electron chi connectivity index (χ3n) is 2.20. The zero-order valence-electron chi connectivity index (χ0n) is 8.40. The number of halogens is 1. The number of benzene rings is 1. The van der Waals surface area contributed by atoms with Crippen LogP contribution < -0.4 is 0 Å². The van der Waals surface area contributed by atoms with Gasteiger partial charge in [-0.2, -0.15) is 0 Å². The summed E-state index contributed by atoms with van der Waals surface area (Å²) in [6.07, 6.45) is 0. The van der Waals surface area contributed by atoms with Gasteiger partial charge in [-0.1, -0.05) is 11.2 Å². The highest BCUT2D eigenvalue weighted by Gasteiger charge is 2.14. The van der Waals surface area contributed by atoms with Gasteiger partial charge < -0.3 is 9.63 Å². The van der Waals surface area contributed by atoms with E-state index in [1.807, 2.05) is 0 Å². The van der Waals surface area contributed by atoms with E-state index >= 15 is 0 Å². The average Bonchev–Trinajstić information content (AvgIpc) is 2.70. The third kappa shape index (κ3) is 1.79. The molecule has 1 aromatic carbocycles. The molecule has 0 amide bonds. The molecule has 2 rings (SSSR count). The first-order valence-corrected chi connectivity index (χ1v) is 4.54. The smallest absolute Gasteiger partial charge is 0.374 e. The van der Waals surface area contributed by atoms with E-state index < -0.39 is 11.8 Å². The first kappa shape index (κ1) is 10.4. The molecule has 2 aromatic rings. The molecule has 4 nitrogen and oxygen atoms in total. The number of aromatic carboxylic acids is 1. The van der Waals surface area contributed by atoms with Gasteiger partial charge in [0.1, 0.15) is 11.5 Å². The molecule has 5 heteroatoms. The van der Waals surface area contributed by atoms with Gasteiger partial charge in [0.2, 0.25) is 5.76 Å². The summed E-state index contributed by atoms with van der Waals surface area (Å²) in [5.41, 5.74) is 1.64. The molecule has 16 heavy (non-hydrogen) atoms. The molecule has 0 saturated carbocycles. The lowest BCUT2D eigenvalue weighted by molar-refractivity contribution is 0.0652. The fourth-order valence-electron chi connectivity index (χ4n) is 1.37. The van der Waals surface area contributed by atoms with Gasteiger partial charge >= 0.3 is 5.97 Å². The van der Waals surface area contributed by atoms with E-state index in [-0.39, 0.29) is 5.76 Å². The van der Waals surface area contributed by atoms with Gasteiger partial charge in [-0.3, -0.25) is 0 Å². The van der Waals surface area contributed by atoms with Gasteiger partial charge in [-0.25, -0.2) is 9.18 Å². The minimum atomic E-state index is -1.20. The van der Waals surface area contributed by atoms with Crippen LogP contribution in [0.4, 0.5) is 4.39 Å². The van der Waals surface area contributed by atoms with E-state index in [9.17, 15) is 9.18 Å². The quantitative estimate of drug-likeness (QED) is 0.846. The van der Waals surface area contributed by atoms with Gasteiger partial charge in [0.15, 0.2) is 0 Å². The molecule has 1 heterocycles. The highest BCUT2D eigenvalue weighted by Crippen LogP contribution is 2.23. The molecular formula is C11H8FNO3. The largest absolute Gasteiger partial charge is 0.475 e. The maximum Gasteiger partial charge on any atom is 0.374 e. The summed E-state index contributed by atoms with van der Waals surface area (Å²) in [7, 11) is 0. The Morgan fingerprint density at radius 1 is 1.44 bits per heavy atom. The number of carbonyl (C=O) groups is 1. The predicted octanol–water partition coefficient (Wildman–Crippen LogP) is 2.49. The van der Waals surface area contributed by atoms with Gasteiger partial charge in [0, 0.05) is 11.6 Å². The van der Waals surface area contributed by atoms with Crippen LogP contribution in [0.25, 0.3) is 11.3 Å². The summed E-state index contributed by atoms with van der Waals surface area (Å²) in [6, 6.07) is 5.49. The molecule has 0 aliphatic carbocycles. The van der Waals surface area contributed by atoms with Crippen molar-refractivity contribution in [2.45, 2.75) is 6.92 Å². The lowest BCUT2D eigenvalue weighted by atomic mass is 10.1. The van der Waals surface area contributed by atoms with Crippen molar-refractivity contribution in [3.05, 3.63) is 41.4 Å². The number of carboxylic acids is 1. The molecule has 0 bridgehead atoms. The molecule has 1 N–H and O–H groups in total. The van der Waals surface area contributed by atoms with Crippen molar-refractivity contribution in [2.24, 2.45) is 0 Å². The molecule has 0 fully saturated rings. The topological polar surface area (TPSA) is 63.3 Å². The van der Waals surface area contributed by atoms with Gasteiger partial charge in [-0.05, 0) is 24.6 Å². The Hall–Kier alpha value is -2.17. The summed E-state index contributed by atoms with van der Waals surface area (Å²) in [5, 5.41) is 12.2. The standard InChI is InChI=1S/C11H8FNO3/c1-6-2-3-7(12)4-8(6)9-5-10(11(14)15)16-13-9/h2-5H,1H3,(H,14,15). The molecule has 0 unspecified atom stereocenters. The first-order valence-electron chi connectivity index (χ1n) is 4.54. The molecule has 0 spiro atoms. The van der Waals surface area contributed by atoms with Crippen LogP contribution in [0.1, 0.15) is 16.1 Å². The second kappa shape index (κ2) is 3.77. The second-order valence-corrected chi connectivity index (χ2v) is 3.34. The highest BCUT2D eigenvalue weighted by molar-refractivity contribution is 5.85. The minimum absolute atomic E-state index is 0.265. The Morgan fingerprint density at radius 3 is 2.81 bits per heavy atom. The lowest BCUT2D eigenvalue weighted by Crippen LogP contribution is -1.91. The van der Waals surface area contributed by atoms with Gasteiger partial charge in [0.05, 0.1) is 0 Å². The fraction of sp³-hybridized carbons (Fsp3) is 0.0909. The summed E-state index contributed by atoms with van der Waals surface area (Å²) in [6.45, 7) is 1.78. The average molecular weight is 221 g/mol. The van der Waals surface area contributed by atoms with Gasteiger partial charge in [0.25, 0.3) is 0 Å². The lowest BCUT2D eigenvalue weighted by Gasteiger charge is -2.00. The zero-order chi connectivity index (χ0) is 11.7. The minimum Gasteiger partial charge on any atom is -0.475 e. The van der Waals surface area contributed by atoms with E-state index in [1.54, 1.807) is 13.0 Å². The van der Waals surface area contributed by atoms with Crippen LogP contribution in [0, 0.1) is 12.7 Å². The van der Waals surface area contributed by atoms with Crippen molar-refractivity contribution in [2.75, 3.05) is 0 Å². The zero-order valence-corrected chi connectivity index (χ0v) is 8.40. The number of hydrogen-bond donors (Lipinski definition) is 1. The highest BCUT2D eigenvalue weighted by atomic mass is 19.1. The van der Waals surface area contributed by atoms with Crippen LogP contribution in [-0.2, 0) is 0 Å². The molecule has 0 aliphatic heterocycles. The first-order chi connectivity index (χ1) is 7.58. The molecule has 0 saturated heterocycles. The van der Waals surface area contributed by atoms with Crippen molar-refractivity contribution in [3.63, 3.8) is 0 Å². The summed E-state index contributed by atoms with van der Waals surface area (Å²) >= 11 is 0. The number of hydrogen-bond acceptors (Lipinski definition) is 3. The Balaban J connectivity index is 2.50. The maximum absolute atomic E-state index is 13.0. The fourth-order valence-corrected chi connectivity index (χ4v) is 1.37. The van der Waals surface area contributed by atoms with E-state index in [1.165, 1.54) is 18.2 Å². The van der Waals surface area contributed by atoms with Crippen molar-refractivity contribution >= 4 is 5.97 Å². The van der Waals surface area contributed by atoms with Crippen LogP contribution in [0.2, 0.25) is 0 Å². The Morgan fingerprint density at radius 2 is 2.19 bits per heavy atom. The Labute approximate surface area is 90.3 Å². The monoisotopic (exact) mass is 221 g/mol. The summed E-state index contributed by atoms with van der Waals surface area (Å²) in [4.78, 5) is 10.6. The van der Waals surface area contributed by atoms with E-state index in [4.69, 9.17) is 5.11 Å². The SMILES string of the molecule is Cc1ccc(F)cc1-c1cc(C(=O)O)on1. The Kier molecular flexibility index (Phi) is 2.44. The number of aromatic nitrogens is 1. The van der Waals surface area contributed by atoms with E-state index in [2.05, 4.69) is 9.68 Å². The molecule has 0 aliphatic rings. The normalized spacial score (nSPS) is 10.4. The molecule has 1 aromatic heterocycles. The number of carboxylic acid groups (broad SMARTS) is 1. The van der Waals surface area contributed by atoms with E-state index in [0.717, 1.165) is 5.56 Å². The Bertz CT molecular complexity index is 548. The summed E-state index contributed by atoms with van der Waals surface area (Å²) in [5.74, 6) is -1.87. The molecule has 82 valence electrons. The van der Waals surface area contributed by atoms with Crippen molar-refractivity contribution in [3.8, 4) is 11.3 Å². The van der Waals surface area contributed by atoms with Crippen molar-refractivity contribution in [1.82, 2.24) is 5.16 Å². The van der Waals surface area contributed by atoms with Crippen molar-refractivity contribution in [1.29, 1.82) is 0 Å². The van der Waals surface area contributed by atoms with Crippen molar-refractivity contribution < 1.29 is 18.8 Å². The van der Waals surface area contributed by atoms with E-state index in [0.29, 0.717) is 11.3 Å². The second-order valence-electron chi connectivity index (χ2n) is 3.34. The van der Waals surface area contributed by atoms with Crippen LogP contribution in [0.15, 0.2) is 28.8 Å². The third-order valence-corrected chi connectivity index (χ3v) is 2.20. The van der Waals surface area contributed by atoms with Crippen LogP contribution in [0.5, 0.6) is 0 Å². The summed E-state index contributed by atoms with van der Waals surface area (Å²) < 4.78 is 17.6. The van der Waals surface area contributed by atoms with Gasteiger partial charge in [-0.15, -0.1) is 0 Å². The molecule has 0 radical (unpaired) electrons. The predicted molar refractivity (Wildman–Crippen MR) is 53.6 cm³/mol. The molecular weight excluding hydrogens is 213 g/mol. The number of nitrogens with zero attached hydrogens (tertiary/aromatic N) is 1. The maximum atomic E-state index is 13.0.